The average molecular weight is 1140 g/mol. The fourth-order valence-corrected chi connectivity index (χ4v) is 13.2. The van der Waals surface area contributed by atoms with Crippen LogP contribution in [0.25, 0.3) is 66.6 Å². The van der Waals surface area contributed by atoms with Gasteiger partial charge in [0.2, 0.25) is 0 Å². The Bertz CT molecular complexity index is 3960. The molecule has 13 aromatic rings. The zero-order valence-electron chi connectivity index (χ0n) is 51.0. The number of anilines is 6. The van der Waals surface area contributed by atoms with Crippen molar-refractivity contribution in [2.45, 2.75) is 91.1 Å². The zero-order chi connectivity index (χ0) is 59.4. The van der Waals surface area contributed by atoms with Crippen molar-refractivity contribution in [3.05, 3.63) is 313 Å². The second-order valence-electron chi connectivity index (χ2n) is 23.6. The van der Waals surface area contributed by atoms with Gasteiger partial charge in [-0.2, -0.15) is 0 Å². The van der Waals surface area contributed by atoms with E-state index in [4.69, 9.17) is 0 Å². The van der Waals surface area contributed by atoms with Crippen molar-refractivity contribution >= 4 is 55.9 Å². The van der Waals surface area contributed by atoms with Crippen molar-refractivity contribution in [3.63, 3.8) is 0 Å². The normalized spacial score (nSPS) is 11.4. The number of nitrogens with zero attached hydrogens (tertiary/aromatic N) is 4. The summed E-state index contributed by atoms with van der Waals surface area (Å²) in [5.41, 5.74) is 24.0. The van der Waals surface area contributed by atoms with Gasteiger partial charge >= 0.3 is 0 Å². The number of hydrogen-bond donors (Lipinski definition) is 0. The van der Waals surface area contributed by atoms with Gasteiger partial charge in [0.1, 0.15) is 0 Å². The highest BCUT2D eigenvalue weighted by Crippen LogP contribution is 2.49. The summed E-state index contributed by atoms with van der Waals surface area (Å²) >= 11 is 0. The molecule has 88 heavy (non-hydrogen) atoms. The van der Waals surface area contributed by atoms with Crippen molar-refractivity contribution in [1.29, 1.82) is 0 Å². The number of unbranched alkanes of at least 4 members (excludes halogenated alkanes) is 6. The van der Waals surface area contributed by atoms with Crippen LogP contribution in [0.2, 0.25) is 0 Å². The molecule has 0 atom stereocenters. The Labute approximate surface area is 521 Å². The van der Waals surface area contributed by atoms with E-state index < -0.39 is 0 Å². The molecule has 0 saturated heterocycles. The first-order valence-corrected chi connectivity index (χ1v) is 32.1. The van der Waals surface area contributed by atoms with Crippen LogP contribution in [-0.2, 0) is 25.9 Å². The molecule has 0 N–H and O–H groups in total. The quantitative estimate of drug-likeness (QED) is 0.0561. The third-order valence-corrected chi connectivity index (χ3v) is 17.6. The highest BCUT2D eigenvalue weighted by atomic mass is 15.1. The SMILES string of the molecule is CCCCCCc1ccc(Cn2c(-c3ccc(N(c4ccccc4)c4ccccc4)cc3)c(-c3ccccc3)c3cc4c(cc32)c(-c2ccccc2)c(-c2ccc(N(c3ccccc3)c3ccccc3)cc2)n4Cc2ccc(CCCCCC)cc2)cc1. The fourth-order valence-electron chi connectivity index (χ4n) is 13.2. The zero-order valence-corrected chi connectivity index (χ0v) is 51.0. The van der Waals surface area contributed by atoms with E-state index in [1.165, 1.54) is 140 Å². The molecule has 0 saturated carbocycles. The third-order valence-electron chi connectivity index (χ3n) is 17.6. The number of fused-ring (bicyclic) bond motifs is 2. The minimum atomic E-state index is 0.696. The molecular formula is C84H78N4. The van der Waals surface area contributed by atoms with Gasteiger partial charge in [-0.25, -0.2) is 0 Å². The van der Waals surface area contributed by atoms with Crippen LogP contribution < -0.4 is 9.80 Å². The van der Waals surface area contributed by atoms with E-state index in [-0.39, 0.29) is 0 Å². The second-order valence-corrected chi connectivity index (χ2v) is 23.6. The van der Waals surface area contributed by atoms with Gasteiger partial charge in [0.15, 0.2) is 0 Å². The van der Waals surface area contributed by atoms with E-state index >= 15 is 0 Å². The molecule has 0 amide bonds. The number of para-hydroxylation sites is 4. The molecule has 13 rings (SSSR count). The summed E-state index contributed by atoms with van der Waals surface area (Å²) in [6.45, 7) is 5.97. The molecule has 0 bridgehead atoms. The number of benzene rings is 11. The lowest BCUT2D eigenvalue weighted by molar-refractivity contribution is 0.666. The van der Waals surface area contributed by atoms with Gasteiger partial charge in [-0.1, -0.05) is 259 Å². The molecule has 4 nitrogen and oxygen atoms in total. The molecule has 434 valence electrons. The lowest BCUT2D eigenvalue weighted by Crippen LogP contribution is -2.09. The molecule has 4 heteroatoms. The predicted molar refractivity (Wildman–Crippen MR) is 375 cm³/mol. The molecule has 2 aromatic heterocycles. The first kappa shape index (κ1) is 57.2. The first-order chi connectivity index (χ1) is 43.6. The fraction of sp³-hybridized carbons (Fsp3) is 0.167. The number of aromatic nitrogens is 2. The molecule has 0 fully saturated rings. The van der Waals surface area contributed by atoms with Crippen LogP contribution >= 0.6 is 0 Å². The largest absolute Gasteiger partial charge is 0.335 e. The summed E-state index contributed by atoms with van der Waals surface area (Å²) in [6, 6.07) is 108. The molecule has 0 unspecified atom stereocenters. The Hall–Kier alpha value is -9.90. The summed E-state index contributed by atoms with van der Waals surface area (Å²) < 4.78 is 5.27. The van der Waals surface area contributed by atoms with Crippen molar-refractivity contribution in [2.75, 3.05) is 9.80 Å². The second kappa shape index (κ2) is 27.2. The van der Waals surface area contributed by atoms with Crippen LogP contribution in [0.1, 0.15) is 87.5 Å². The van der Waals surface area contributed by atoms with Crippen LogP contribution in [0, 0.1) is 0 Å². The van der Waals surface area contributed by atoms with E-state index in [9.17, 15) is 0 Å². The molecule has 0 spiro atoms. The van der Waals surface area contributed by atoms with E-state index in [1.807, 2.05) is 0 Å². The summed E-state index contributed by atoms with van der Waals surface area (Å²) in [5.74, 6) is 0. The van der Waals surface area contributed by atoms with Crippen LogP contribution in [0.4, 0.5) is 34.1 Å². The van der Waals surface area contributed by atoms with Gasteiger partial charge in [-0.05, 0) is 155 Å². The lowest BCUT2D eigenvalue weighted by Gasteiger charge is -2.25. The van der Waals surface area contributed by atoms with Gasteiger partial charge < -0.3 is 18.9 Å². The van der Waals surface area contributed by atoms with Gasteiger partial charge in [0.05, 0.1) is 22.4 Å². The summed E-state index contributed by atoms with van der Waals surface area (Å²) in [6.07, 6.45) is 12.3. The van der Waals surface area contributed by atoms with Crippen molar-refractivity contribution in [2.24, 2.45) is 0 Å². The van der Waals surface area contributed by atoms with Crippen LogP contribution in [-0.4, -0.2) is 9.13 Å². The Morgan fingerprint density at radius 3 is 0.852 bits per heavy atom. The standard InChI is InChI=1S/C84H78N4/c1-3-5-7-15-29-63-43-47-65(48-44-63)61-85-79-59-78-80(60-77(79)81(67-31-17-9-18-32-67)83(85)69-51-55-75(56-52-69)87(71-35-21-11-22-36-71)72-37-23-12-24-38-72)86(62-66-49-45-64(46-50-66)30-16-8-6-4-2)84(82(78)68-33-19-10-20-34-68)70-53-57-76(58-54-70)88(73-39-25-13-26-40-73)74-41-27-14-28-42-74/h9-14,17-28,31-60H,3-8,15-16,29-30,61-62H2,1-2H3. The monoisotopic (exact) mass is 1140 g/mol. The summed E-state index contributed by atoms with van der Waals surface area (Å²) in [7, 11) is 0. The van der Waals surface area contributed by atoms with Crippen molar-refractivity contribution in [3.8, 4) is 44.8 Å². The molecule has 0 aliphatic heterocycles. The van der Waals surface area contributed by atoms with Gasteiger partial charge in [0, 0.05) is 69.1 Å². The molecule has 0 aliphatic carbocycles. The first-order valence-electron chi connectivity index (χ1n) is 32.1. The van der Waals surface area contributed by atoms with Crippen molar-refractivity contribution in [1.82, 2.24) is 9.13 Å². The smallest absolute Gasteiger partial charge is 0.0574 e. The number of rotatable bonds is 24. The van der Waals surface area contributed by atoms with Crippen LogP contribution in [0.5, 0.6) is 0 Å². The van der Waals surface area contributed by atoms with Gasteiger partial charge in [-0.15, -0.1) is 0 Å². The topological polar surface area (TPSA) is 16.3 Å². The van der Waals surface area contributed by atoms with E-state index in [0.717, 1.165) is 47.0 Å². The minimum Gasteiger partial charge on any atom is -0.335 e. The average Bonchev–Trinajstić information content (AvgIpc) is 1.59. The third kappa shape index (κ3) is 12.4. The van der Waals surface area contributed by atoms with Crippen LogP contribution in [0.15, 0.2) is 291 Å². The van der Waals surface area contributed by atoms with Gasteiger partial charge in [-0.3, -0.25) is 0 Å². The molecular weight excluding hydrogens is 1060 g/mol. The summed E-state index contributed by atoms with van der Waals surface area (Å²) in [4.78, 5) is 4.71. The maximum absolute atomic E-state index is 2.64. The Morgan fingerprint density at radius 2 is 0.545 bits per heavy atom. The van der Waals surface area contributed by atoms with E-state index in [1.54, 1.807) is 0 Å². The molecule has 2 heterocycles. The highest BCUT2D eigenvalue weighted by Gasteiger charge is 2.27. The predicted octanol–water partition coefficient (Wildman–Crippen LogP) is 23.5. The van der Waals surface area contributed by atoms with E-state index in [2.05, 4.69) is 324 Å². The minimum absolute atomic E-state index is 0.696. The van der Waals surface area contributed by atoms with Crippen LogP contribution in [0.3, 0.4) is 0 Å². The highest BCUT2D eigenvalue weighted by molar-refractivity contribution is 6.14. The Kier molecular flexibility index (Phi) is 17.7. The molecule has 0 radical (unpaired) electrons. The Morgan fingerprint density at radius 1 is 0.261 bits per heavy atom. The lowest BCUT2D eigenvalue weighted by atomic mass is 9.96. The Balaban J connectivity index is 1.05. The van der Waals surface area contributed by atoms with Gasteiger partial charge in [0.25, 0.3) is 0 Å². The summed E-state index contributed by atoms with van der Waals surface area (Å²) in [5, 5.41) is 2.45. The number of hydrogen-bond acceptors (Lipinski definition) is 2. The number of aryl methyl sites for hydroxylation is 2. The maximum atomic E-state index is 2.64. The van der Waals surface area contributed by atoms with E-state index in [0.29, 0.717) is 13.1 Å². The molecule has 0 aliphatic rings. The molecule has 11 aromatic carbocycles. The van der Waals surface area contributed by atoms with Crippen molar-refractivity contribution < 1.29 is 0 Å². The maximum Gasteiger partial charge on any atom is 0.0574 e.